The van der Waals surface area contributed by atoms with Crippen LogP contribution in [0, 0.1) is 0 Å². The van der Waals surface area contributed by atoms with Crippen molar-refractivity contribution in [2.75, 3.05) is 7.11 Å². The highest BCUT2D eigenvalue weighted by Crippen LogP contribution is 2.11. The monoisotopic (exact) mass is 256 g/mol. The van der Waals surface area contributed by atoms with Gasteiger partial charge in [-0.15, -0.1) is 0 Å². The minimum Gasteiger partial charge on any atom is -0.469 e. The Bertz CT molecular complexity index is 224. The van der Waals surface area contributed by atoms with Gasteiger partial charge in [0, 0.05) is 12.8 Å². The number of methoxy groups -OCH3 is 1. The zero-order valence-electron chi connectivity index (χ0n) is 12.0. The molecule has 18 heavy (non-hydrogen) atoms. The second-order valence-corrected chi connectivity index (χ2v) is 4.96. The van der Waals surface area contributed by atoms with Crippen molar-refractivity contribution in [3.63, 3.8) is 0 Å². The Labute approximate surface area is 111 Å². The molecule has 0 aromatic heterocycles. The fraction of sp³-hybridized carbons (Fsp3) is 0.867. The van der Waals surface area contributed by atoms with E-state index in [1.807, 2.05) is 0 Å². The Morgan fingerprint density at radius 1 is 0.722 bits per heavy atom. The van der Waals surface area contributed by atoms with E-state index in [2.05, 4.69) is 4.74 Å². The Morgan fingerprint density at radius 2 is 1.11 bits per heavy atom. The minimum atomic E-state index is -0.0968. The summed E-state index contributed by atoms with van der Waals surface area (Å²) in [7, 11) is 1.44. The smallest absolute Gasteiger partial charge is 0.305 e. The molecule has 0 radical (unpaired) electrons. The van der Waals surface area contributed by atoms with Gasteiger partial charge in [-0.1, -0.05) is 44.9 Å². The van der Waals surface area contributed by atoms with Gasteiger partial charge in [0.1, 0.15) is 5.78 Å². The van der Waals surface area contributed by atoms with E-state index in [-0.39, 0.29) is 5.97 Å². The summed E-state index contributed by atoms with van der Waals surface area (Å²) in [5.41, 5.74) is 0. The molecule has 0 amide bonds. The maximum Gasteiger partial charge on any atom is 0.305 e. The molecule has 0 N–H and O–H groups in total. The van der Waals surface area contributed by atoms with Crippen molar-refractivity contribution < 1.29 is 14.3 Å². The van der Waals surface area contributed by atoms with Crippen molar-refractivity contribution in [1.82, 2.24) is 0 Å². The normalized spacial score (nSPS) is 10.3. The lowest BCUT2D eigenvalue weighted by molar-refractivity contribution is -0.140. The number of carbonyl (C=O) groups excluding carboxylic acids is 2. The number of unbranched alkanes of at least 4 members (excludes halogenated alkanes) is 8. The van der Waals surface area contributed by atoms with E-state index in [4.69, 9.17) is 0 Å². The maximum atomic E-state index is 10.8. The van der Waals surface area contributed by atoms with E-state index >= 15 is 0 Å². The van der Waals surface area contributed by atoms with E-state index in [0.717, 1.165) is 25.7 Å². The van der Waals surface area contributed by atoms with Crippen molar-refractivity contribution in [3.05, 3.63) is 0 Å². The fourth-order valence-corrected chi connectivity index (χ4v) is 1.98. The molecule has 0 rings (SSSR count). The summed E-state index contributed by atoms with van der Waals surface area (Å²) in [4.78, 5) is 21.6. The number of esters is 1. The maximum absolute atomic E-state index is 10.8. The molecule has 0 fully saturated rings. The summed E-state index contributed by atoms with van der Waals surface area (Å²) in [5, 5.41) is 0. The molecule has 0 aromatic carbocycles. The summed E-state index contributed by atoms with van der Waals surface area (Å²) in [6, 6.07) is 0. The van der Waals surface area contributed by atoms with E-state index in [9.17, 15) is 9.59 Å². The van der Waals surface area contributed by atoms with Crippen molar-refractivity contribution >= 4 is 11.8 Å². The lowest BCUT2D eigenvalue weighted by Gasteiger charge is -2.02. The van der Waals surface area contributed by atoms with Gasteiger partial charge in [0.25, 0.3) is 0 Å². The zero-order chi connectivity index (χ0) is 13.6. The molecular weight excluding hydrogens is 228 g/mol. The predicted octanol–water partition coefficient (Wildman–Crippen LogP) is 4.04. The molecule has 0 atom stereocenters. The molecule has 3 nitrogen and oxygen atoms in total. The molecule has 3 heteroatoms. The van der Waals surface area contributed by atoms with Crippen molar-refractivity contribution in [2.45, 2.75) is 77.6 Å². The van der Waals surface area contributed by atoms with E-state index < -0.39 is 0 Å². The average molecular weight is 256 g/mol. The van der Waals surface area contributed by atoms with Gasteiger partial charge in [-0.3, -0.25) is 4.79 Å². The molecule has 0 heterocycles. The summed E-state index contributed by atoms with van der Waals surface area (Å²) in [6.07, 6.45) is 11.9. The van der Waals surface area contributed by atoms with E-state index in [1.54, 1.807) is 6.92 Å². The minimum absolute atomic E-state index is 0.0968. The summed E-state index contributed by atoms with van der Waals surface area (Å²) in [5.74, 6) is 0.209. The van der Waals surface area contributed by atoms with Crippen LogP contribution >= 0.6 is 0 Å². The van der Waals surface area contributed by atoms with Crippen LogP contribution in [-0.2, 0) is 14.3 Å². The first-order chi connectivity index (χ1) is 8.66. The first kappa shape index (κ1) is 17.1. The van der Waals surface area contributed by atoms with Gasteiger partial charge in [-0.2, -0.15) is 0 Å². The van der Waals surface area contributed by atoms with Crippen LogP contribution in [0.1, 0.15) is 77.6 Å². The summed E-state index contributed by atoms with van der Waals surface area (Å²) >= 11 is 0. The molecule has 0 unspecified atom stereocenters. The second-order valence-electron chi connectivity index (χ2n) is 4.96. The molecule has 0 saturated heterocycles. The van der Waals surface area contributed by atoms with E-state index in [1.165, 1.54) is 45.6 Å². The first-order valence-corrected chi connectivity index (χ1v) is 7.23. The Kier molecular flexibility index (Phi) is 12.0. The third-order valence-corrected chi connectivity index (χ3v) is 3.14. The number of hydrogen-bond donors (Lipinski definition) is 0. The third kappa shape index (κ3) is 13.2. The number of ether oxygens (including phenoxy) is 1. The van der Waals surface area contributed by atoms with Gasteiger partial charge < -0.3 is 9.53 Å². The molecule has 0 aliphatic carbocycles. The van der Waals surface area contributed by atoms with Gasteiger partial charge in [0.15, 0.2) is 0 Å². The van der Waals surface area contributed by atoms with Crippen LogP contribution in [-0.4, -0.2) is 18.9 Å². The average Bonchev–Trinajstić information content (AvgIpc) is 2.35. The van der Waals surface area contributed by atoms with Crippen LogP contribution in [0.2, 0.25) is 0 Å². The van der Waals surface area contributed by atoms with Crippen LogP contribution in [0.5, 0.6) is 0 Å². The van der Waals surface area contributed by atoms with Crippen molar-refractivity contribution in [1.29, 1.82) is 0 Å². The highest BCUT2D eigenvalue weighted by molar-refractivity contribution is 5.75. The lowest BCUT2D eigenvalue weighted by Crippen LogP contribution is -1.99. The van der Waals surface area contributed by atoms with Crippen LogP contribution in [0.25, 0.3) is 0 Å². The van der Waals surface area contributed by atoms with Crippen LogP contribution in [0.15, 0.2) is 0 Å². The molecule has 0 bridgehead atoms. The largest absolute Gasteiger partial charge is 0.469 e. The molecule has 0 aliphatic rings. The van der Waals surface area contributed by atoms with Crippen molar-refractivity contribution in [3.8, 4) is 0 Å². The van der Waals surface area contributed by atoms with Gasteiger partial charge >= 0.3 is 5.97 Å². The van der Waals surface area contributed by atoms with Gasteiger partial charge in [0.05, 0.1) is 7.11 Å². The Morgan fingerprint density at radius 3 is 1.50 bits per heavy atom. The number of carbonyl (C=O) groups is 2. The molecule has 0 aliphatic heterocycles. The lowest BCUT2D eigenvalue weighted by atomic mass is 10.1. The number of rotatable bonds is 12. The molecule has 0 aromatic rings. The number of Topliss-reactive ketones (excluding diaryl/α,β-unsaturated/α-hetero) is 1. The fourth-order valence-electron chi connectivity index (χ4n) is 1.98. The topological polar surface area (TPSA) is 43.4 Å². The molecular formula is C15H28O3. The van der Waals surface area contributed by atoms with Gasteiger partial charge in [-0.25, -0.2) is 0 Å². The highest BCUT2D eigenvalue weighted by Gasteiger charge is 1.99. The SMILES string of the molecule is COC(=O)CCCCCCCCCCCC(C)=O. The molecule has 0 saturated carbocycles. The quantitative estimate of drug-likeness (QED) is 0.391. The number of hydrogen-bond acceptors (Lipinski definition) is 3. The van der Waals surface area contributed by atoms with Crippen molar-refractivity contribution in [2.24, 2.45) is 0 Å². The number of ketones is 1. The van der Waals surface area contributed by atoms with Crippen LogP contribution in [0.3, 0.4) is 0 Å². The first-order valence-electron chi connectivity index (χ1n) is 7.23. The van der Waals surface area contributed by atoms with Crippen LogP contribution in [0.4, 0.5) is 0 Å². The Hall–Kier alpha value is -0.860. The van der Waals surface area contributed by atoms with E-state index in [0.29, 0.717) is 12.2 Å². The summed E-state index contributed by atoms with van der Waals surface area (Å²) < 4.78 is 4.59. The zero-order valence-corrected chi connectivity index (χ0v) is 12.0. The highest BCUT2D eigenvalue weighted by atomic mass is 16.5. The standard InChI is InChI=1S/C15H28O3/c1-14(16)12-10-8-6-4-3-5-7-9-11-13-15(17)18-2/h3-13H2,1-2H3. The van der Waals surface area contributed by atoms with Gasteiger partial charge in [-0.05, 0) is 19.8 Å². The molecule has 0 spiro atoms. The second kappa shape index (κ2) is 12.6. The predicted molar refractivity (Wildman–Crippen MR) is 73.5 cm³/mol. The third-order valence-electron chi connectivity index (χ3n) is 3.14. The molecule has 106 valence electrons. The summed E-state index contributed by atoms with van der Waals surface area (Å²) in [6.45, 7) is 1.66. The van der Waals surface area contributed by atoms with Gasteiger partial charge in [0.2, 0.25) is 0 Å². The Balaban J connectivity index is 3.03. The van der Waals surface area contributed by atoms with Crippen LogP contribution < -0.4 is 0 Å².